The maximum Gasteiger partial charge on any atom is 0.0763 e. The van der Waals surface area contributed by atoms with Crippen LogP contribution in [0.15, 0.2) is 24.3 Å². The Hall–Kier alpha value is -0.860. The lowest BCUT2D eigenvalue weighted by molar-refractivity contribution is -0.0310. The number of likely N-dealkylation sites (N-methyl/N-ethyl adjacent to an activating group) is 1. The Kier molecular flexibility index (Phi) is 4.64. The molecule has 0 aromatic heterocycles. The number of hydrogen-bond acceptors (Lipinski definition) is 2. The lowest BCUT2D eigenvalue weighted by atomic mass is 9.74. The van der Waals surface area contributed by atoms with Crippen molar-refractivity contribution in [2.24, 2.45) is 0 Å². The first kappa shape index (κ1) is 14.5. The zero-order valence-electron chi connectivity index (χ0n) is 12.5. The predicted octanol–water partition coefficient (Wildman–Crippen LogP) is 3.16. The summed E-state index contributed by atoms with van der Waals surface area (Å²) in [6, 6.07) is 8.40. The highest BCUT2D eigenvalue weighted by atomic mass is 16.3. The first-order valence-electron chi connectivity index (χ1n) is 7.46. The van der Waals surface area contributed by atoms with E-state index >= 15 is 0 Å². The fourth-order valence-corrected chi connectivity index (χ4v) is 3.48. The van der Waals surface area contributed by atoms with Crippen molar-refractivity contribution in [2.45, 2.75) is 57.1 Å². The van der Waals surface area contributed by atoms with E-state index in [0.29, 0.717) is 0 Å². The van der Waals surface area contributed by atoms with Crippen molar-refractivity contribution in [2.75, 3.05) is 14.1 Å². The third-order valence-electron chi connectivity index (χ3n) is 4.90. The van der Waals surface area contributed by atoms with Crippen LogP contribution in [0, 0.1) is 6.92 Å². The molecule has 1 atom stereocenters. The summed E-state index contributed by atoms with van der Waals surface area (Å²) in [5.41, 5.74) is 2.54. The summed E-state index contributed by atoms with van der Waals surface area (Å²) >= 11 is 0. The molecule has 1 fully saturated rings. The summed E-state index contributed by atoms with van der Waals surface area (Å²) in [5, 5.41) is 10.8. The van der Waals surface area contributed by atoms with Crippen molar-refractivity contribution in [1.29, 1.82) is 0 Å². The van der Waals surface area contributed by atoms with Gasteiger partial charge in [0.25, 0.3) is 0 Å². The highest BCUT2D eigenvalue weighted by Crippen LogP contribution is 2.36. The molecule has 0 bridgehead atoms. The topological polar surface area (TPSA) is 23.5 Å². The van der Waals surface area contributed by atoms with Crippen LogP contribution in [0.2, 0.25) is 0 Å². The van der Waals surface area contributed by atoms with Gasteiger partial charge in [-0.05, 0) is 45.0 Å². The van der Waals surface area contributed by atoms with Crippen LogP contribution in [0.1, 0.15) is 43.2 Å². The van der Waals surface area contributed by atoms with Gasteiger partial charge in [0.05, 0.1) is 6.10 Å². The molecule has 1 aromatic rings. The quantitative estimate of drug-likeness (QED) is 0.900. The molecule has 1 aromatic carbocycles. The number of aliphatic hydroxyl groups excluding tert-OH is 1. The summed E-state index contributed by atoms with van der Waals surface area (Å²) in [5.74, 6) is 0. The number of benzene rings is 1. The molecule has 0 saturated heterocycles. The molecule has 1 aliphatic carbocycles. The Morgan fingerprint density at radius 1 is 1.16 bits per heavy atom. The van der Waals surface area contributed by atoms with Crippen molar-refractivity contribution < 1.29 is 5.11 Å². The van der Waals surface area contributed by atoms with E-state index in [2.05, 4.69) is 50.2 Å². The van der Waals surface area contributed by atoms with Crippen LogP contribution >= 0.6 is 0 Å². The highest BCUT2D eigenvalue weighted by Gasteiger charge is 2.40. The molecule has 1 N–H and O–H groups in total. The van der Waals surface area contributed by atoms with E-state index < -0.39 is 0 Å². The molecule has 0 heterocycles. The number of nitrogens with zero attached hydrogens (tertiary/aromatic N) is 1. The minimum atomic E-state index is -0.274. The smallest absolute Gasteiger partial charge is 0.0763 e. The van der Waals surface area contributed by atoms with Crippen LogP contribution in [0.4, 0.5) is 0 Å². The van der Waals surface area contributed by atoms with Crippen molar-refractivity contribution in [3.05, 3.63) is 35.4 Å². The zero-order chi connectivity index (χ0) is 13.9. The Labute approximate surface area is 117 Å². The number of rotatable bonds is 4. The van der Waals surface area contributed by atoms with Gasteiger partial charge in [-0.15, -0.1) is 0 Å². The lowest BCUT2D eigenvalue weighted by Gasteiger charge is -2.46. The molecule has 0 aliphatic heterocycles. The van der Waals surface area contributed by atoms with Crippen molar-refractivity contribution in [3.63, 3.8) is 0 Å². The van der Waals surface area contributed by atoms with E-state index in [1.807, 2.05) is 0 Å². The van der Waals surface area contributed by atoms with E-state index in [4.69, 9.17) is 0 Å². The van der Waals surface area contributed by atoms with E-state index in [9.17, 15) is 5.11 Å². The lowest BCUT2D eigenvalue weighted by Crippen LogP contribution is -2.55. The molecule has 0 spiro atoms. The fraction of sp³-hybridized carbons (Fsp3) is 0.647. The molecule has 0 radical (unpaired) electrons. The van der Waals surface area contributed by atoms with Crippen LogP contribution in [-0.4, -0.2) is 35.7 Å². The van der Waals surface area contributed by atoms with Gasteiger partial charge in [-0.2, -0.15) is 0 Å². The van der Waals surface area contributed by atoms with Gasteiger partial charge in [-0.1, -0.05) is 43.5 Å². The Morgan fingerprint density at radius 2 is 1.79 bits per heavy atom. The molecule has 2 nitrogen and oxygen atoms in total. The molecule has 19 heavy (non-hydrogen) atoms. The van der Waals surface area contributed by atoms with Gasteiger partial charge in [-0.25, -0.2) is 0 Å². The Morgan fingerprint density at radius 3 is 2.37 bits per heavy atom. The summed E-state index contributed by atoms with van der Waals surface area (Å²) < 4.78 is 0. The Balaban J connectivity index is 2.16. The zero-order valence-corrected chi connectivity index (χ0v) is 12.5. The molecule has 1 aliphatic rings. The molecule has 106 valence electrons. The van der Waals surface area contributed by atoms with Gasteiger partial charge in [0, 0.05) is 12.0 Å². The van der Waals surface area contributed by atoms with Crippen LogP contribution in [-0.2, 0) is 6.42 Å². The summed E-state index contributed by atoms with van der Waals surface area (Å²) in [6.45, 7) is 2.13. The maximum absolute atomic E-state index is 10.8. The highest BCUT2D eigenvalue weighted by molar-refractivity contribution is 5.26. The third-order valence-corrected chi connectivity index (χ3v) is 4.90. The van der Waals surface area contributed by atoms with E-state index in [0.717, 1.165) is 19.3 Å². The van der Waals surface area contributed by atoms with Gasteiger partial charge >= 0.3 is 0 Å². The summed E-state index contributed by atoms with van der Waals surface area (Å²) in [4.78, 5) is 2.26. The minimum absolute atomic E-state index is 0.0273. The second-order valence-corrected chi connectivity index (χ2v) is 6.21. The number of aliphatic hydroxyl groups is 1. The van der Waals surface area contributed by atoms with Gasteiger partial charge in [0.15, 0.2) is 0 Å². The van der Waals surface area contributed by atoms with E-state index in [-0.39, 0.29) is 11.6 Å². The number of aryl methyl sites for hydroxylation is 1. The molecular weight excluding hydrogens is 234 g/mol. The first-order chi connectivity index (χ1) is 9.06. The normalized spacial score (nSPS) is 20.5. The molecular formula is C17H27NO. The third kappa shape index (κ3) is 3.01. The first-order valence-corrected chi connectivity index (χ1v) is 7.46. The van der Waals surface area contributed by atoms with Crippen LogP contribution in [0.5, 0.6) is 0 Å². The summed E-state index contributed by atoms with van der Waals surface area (Å²) in [6.07, 6.45) is 6.52. The van der Waals surface area contributed by atoms with Gasteiger partial charge < -0.3 is 10.0 Å². The molecule has 2 rings (SSSR count). The van der Waals surface area contributed by atoms with E-state index in [1.54, 1.807) is 0 Å². The average molecular weight is 261 g/mol. The maximum atomic E-state index is 10.8. The van der Waals surface area contributed by atoms with Crippen molar-refractivity contribution >= 4 is 0 Å². The Bertz CT molecular complexity index is 407. The molecule has 0 amide bonds. The van der Waals surface area contributed by atoms with E-state index in [1.165, 1.54) is 30.4 Å². The van der Waals surface area contributed by atoms with Crippen LogP contribution < -0.4 is 0 Å². The molecule has 1 unspecified atom stereocenters. The SMILES string of the molecule is Cc1ccccc1CC(O)C1(N(C)C)CCCCC1. The monoisotopic (exact) mass is 261 g/mol. The van der Waals surface area contributed by atoms with Gasteiger partial charge in [0.1, 0.15) is 0 Å². The summed E-state index contributed by atoms with van der Waals surface area (Å²) in [7, 11) is 4.23. The molecule has 2 heteroatoms. The number of hydrogen-bond donors (Lipinski definition) is 1. The second-order valence-electron chi connectivity index (χ2n) is 6.21. The largest absolute Gasteiger partial charge is 0.391 e. The minimum Gasteiger partial charge on any atom is -0.391 e. The standard InChI is InChI=1S/C17H27NO/c1-14-9-5-6-10-15(14)13-16(19)17(18(2)3)11-7-4-8-12-17/h5-6,9-10,16,19H,4,7-8,11-13H2,1-3H3. The fourth-order valence-electron chi connectivity index (χ4n) is 3.48. The van der Waals surface area contributed by atoms with Crippen LogP contribution in [0.3, 0.4) is 0 Å². The van der Waals surface area contributed by atoms with Crippen molar-refractivity contribution in [1.82, 2.24) is 4.90 Å². The van der Waals surface area contributed by atoms with Gasteiger partial charge in [-0.3, -0.25) is 0 Å². The second kappa shape index (κ2) is 6.06. The predicted molar refractivity (Wildman–Crippen MR) is 80.4 cm³/mol. The van der Waals surface area contributed by atoms with Gasteiger partial charge in [0.2, 0.25) is 0 Å². The van der Waals surface area contributed by atoms with Crippen molar-refractivity contribution in [3.8, 4) is 0 Å². The van der Waals surface area contributed by atoms with Crippen LogP contribution in [0.25, 0.3) is 0 Å². The molecule has 1 saturated carbocycles. The average Bonchev–Trinajstić information content (AvgIpc) is 2.42.